The number of fused-ring (bicyclic) bond motifs is 1. The Bertz CT molecular complexity index is 434. The van der Waals surface area contributed by atoms with E-state index in [9.17, 15) is 4.57 Å². The first kappa shape index (κ1) is 11.5. The van der Waals surface area contributed by atoms with Crippen LogP contribution in [-0.2, 0) is 9.09 Å². The third-order valence-electron chi connectivity index (χ3n) is 3.81. The summed E-state index contributed by atoms with van der Waals surface area (Å²) in [7, 11) is -2.81. The number of benzene rings is 1. The second-order valence-electron chi connectivity index (χ2n) is 4.96. The van der Waals surface area contributed by atoms with Crippen LogP contribution in [0, 0.1) is 5.92 Å². The van der Waals surface area contributed by atoms with Gasteiger partial charge >= 0.3 is 0 Å². The van der Waals surface area contributed by atoms with Crippen LogP contribution in [0.3, 0.4) is 0 Å². The maximum atomic E-state index is 12.8. The largest absolute Gasteiger partial charge is 0.314 e. The van der Waals surface area contributed by atoms with E-state index >= 15 is 0 Å². The van der Waals surface area contributed by atoms with Crippen LogP contribution in [0.4, 0.5) is 0 Å². The molecule has 0 amide bonds. The lowest BCUT2D eigenvalue weighted by Gasteiger charge is -2.39. The summed E-state index contributed by atoms with van der Waals surface area (Å²) >= 11 is 0. The van der Waals surface area contributed by atoms with Crippen molar-refractivity contribution >= 4 is 12.8 Å². The highest BCUT2D eigenvalue weighted by atomic mass is 31.2. The summed E-state index contributed by atoms with van der Waals surface area (Å²) in [5, 5.41) is 4.08. The van der Waals surface area contributed by atoms with Crippen molar-refractivity contribution in [2.24, 2.45) is 5.92 Å². The second kappa shape index (κ2) is 4.56. The summed E-state index contributed by atoms with van der Waals surface area (Å²) in [6, 6.07) is 9.90. The van der Waals surface area contributed by atoms with Crippen LogP contribution in [0.15, 0.2) is 30.3 Å². The van der Waals surface area contributed by atoms with Gasteiger partial charge in [-0.25, -0.2) is 5.09 Å². The fourth-order valence-electron chi connectivity index (χ4n) is 2.81. The molecule has 1 unspecified atom stereocenters. The first-order valence-electron chi connectivity index (χ1n) is 6.36. The lowest BCUT2D eigenvalue weighted by molar-refractivity contribution is 0.148. The van der Waals surface area contributed by atoms with Crippen LogP contribution in [-0.4, -0.2) is 12.6 Å². The Morgan fingerprint density at radius 3 is 2.76 bits per heavy atom. The van der Waals surface area contributed by atoms with Crippen LogP contribution in [0.5, 0.6) is 0 Å². The van der Waals surface area contributed by atoms with E-state index in [1.54, 1.807) is 0 Å². The Labute approximate surface area is 102 Å². The predicted octanol–water partition coefficient (Wildman–Crippen LogP) is 2.68. The van der Waals surface area contributed by atoms with E-state index in [1.807, 2.05) is 30.3 Å². The van der Waals surface area contributed by atoms with Gasteiger partial charge in [-0.2, -0.15) is 0 Å². The molecule has 3 rings (SSSR count). The van der Waals surface area contributed by atoms with E-state index in [0.29, 0.717) is 18.6 Å². The van der Waals surface area contributed by atoms with Gasteiger partial charge in [0.05, 0.1) is 11.9 Å². The van der Waals surface area contributed by atoms with Crippen molar-refractivity contribution in [2.75, 3.05) is 6.61 Å². The lowest BCUT2D eigenvalue weighted by atomic mass is 9.86. The minimum absolute atomic E-state index is 0.378. The quantitative estimate of drug-likeness (QED) is 0.780. The number of hydrogen-bond acceptors (Lipinski definition) is 2. The van der Waals surface area contributed by atoms with Gasteiger partial charge in [-0.3, -0.25) is 4.57 Å². The maximum absolute atomic E-state index is 12.8. The van der Waals surface area contributed by atoms with E-state index < -0.39 is 7.52 Å². The van der Waals surface area contributed by atoms with Gasteiger partial charge in [-0.15, -0.1) is 0 Å². The molecule has 0 spiro atoms. The summed E-state index contributed by atoms with van der Waals surface area (Å²) in [4.78, 5) is 0. The Hall–Kier alpha value is -0.630. The minimum Gasteiger partial charge on any atom is -0.314 e. The van der Waals surface area contributed by atoms with Gasteiger partial charge in [0.15, 0.2) is 0 Å². The van der Waals surface area contributed by atoms with Crippen molar-refractivity contribution in [3.63, 3.8) is 0 Å². The monoisotopic (exact) mass is 251 g/mol. The van der Waals surface area contributed by atoms with Gasteiger partial charge in [-0.05, 0) is 30.9 Å². The Kier molecular flexibility index (Phi) is 3.08. The molecule has 3 atom stereocenters. The van der Waals surface area contributed by atoms with Gasteiger partial charge in [0.25, 0.3) is 7.52 Å². The van der Waals surface area contributed by atoms with E-state index in [4.69, 9.17) is 4.52 Å². The molecular weight excluding hydrogens is 233 g/mol. The van der Waals surface area contributed by atoms with Crippen LogP contribution in [0.2, 0.25) is 0 Å². The average molecular weight is 251 g/mol. The highest BCUT2D eigenvalue weighted by Crippen LogP contribution is 2.48. The fraction of sp³-hybridized carbons (Fsp3) is 0.538. The molecule has 1 aliphatic carbocycles. The highest BCUT2D eigenvalue weighted by molar-refractivity contribution is 7.65. The molecule has 17 heavy (non-hydrogen) atoms. The van der Waals surface area contributed by atoms with Crippen LogP contribution in [0.25, 0.3) is 0 Å². The first-order chi connectivity index (χ1) is 8.28. The van der Waals surface area contributed by atoms with E-state index in [0.717, 1.165) is 11.7 Å². The predicted molar refractivity (Wildman–Crippen MR) is 68.5 cm³/mol. The maximum Gasteiger partial charge on any atom is 0.299 e. The summed E-state index contributed by atoms with van der Waals surface area (Å²) in [5.41, 5.74) is 0. The summed E-state index contributed by atoms with van der Waals surface area (Å²) < 4.78 is 18.4. The topological polar surface area (TPSA) is 38.3 Å². The van der Waals surface area contributed by atoms with Gasteiger partial charge in [0.2, 0.25) is 0 Å². The van der Waals surface area contributed by atoms with Crippen LogP contribution in [0.1, 0.15) is 25.7 Å². The number of nitrogens with one attached hydrogen (secondary N) is 1. The third-order valence-corrected chi connectivity index (χ3v) is 5.97. The van der Waals surface area contributed by atoms with Crippen molar-refractivity contribution in [1.29, 1.82) is 0 Å². The molecule has 1 aliphatic heterocycles. The minimum atomic E-state index is -2.81. The zero-order valence-corrected chi connectivity index (χ0v) is 10.7. The molecule has 0 bridgehead atoms. The Balaban J connectivity index is 1.83. The lowest BCUT2D eigenvalue weighted by Crippen LogP contribution is -2.45. The molecule has 1 N–H and O–H groups in total. The van der Waals surface area contributed by atoms with Crippen molar-refractivity contribution in [3.05, 3.63) is 30.3 Å². The van der Waals surface area contributed by atoms with Gasteiger partial charge in [0, 0.05) is 6.04 Å². The van der Waals surface area contributed by atoms with E-state index in [2.05, 4.69) is 5.09 Å². The van der Waals surface area contributed by atoms with Gasteiger partial charge in [0.1, 0.15) is 0 Å². The molecule has 1 saturated carbocycles. The smallest absolute Gasteiger partial charge is 0.299 e. The van der Waals surface area contributed by atoms with Crippen molar-refractivity contribution in [2.45, 2.75) is 31.7 Å². The zero-order valence-electron chi connectivity index (χ0n) is 9.84. The molecule has 0 radical (unpaired) electrons. The van der Waals surface area contributed by atoms with Crippen LogP contribution >= 0.6 is 7.52 Å². The summed E-state index contributed by atoms with van der Waals surface area (Å²) in [6.07, 6.45) is 4.85. The van der Waals surface area contributed by atoms with E-state index in [1.165, 1.54) is 19.3 Å². The normalized spacial score (nSPS) is 37.4. The molecule has 1 saturated heterocycles. The molecule has 92 valence electrons. The Morgan fingerprint density at radius 1 is 1.18 bits per heavy atom. The summed E-state index contributed by atoms with van der Waals surface area (Å²) in [6.45, 7) is 0.643. The Morgan fingerprint density at radius 2 is 1.94 bits per heavy atom. The molecule has 1 aromatic carbocycles. The van der Waals surface area contributed by atoms with Crippen molar-refractivity contribution in [1.82, 2.24) is 5.09 Å². The highest BCUT2D eigenvalue weighted by Gasteiger charge is 2.39. The fourth-order valence-corrected chi connectivity index (χ4v) is 4.92. The molecule has 2 fully saturated rings. The van der Waals surface area contributed by atoms with Gasteiger partial charge in [-0.1, -0.05) is 31.0 Å². The molecule has 1 heterocycles. The molecule has 3 nitrogen and oxygen atoms in total. The zero-order chi connectivity index (χ0) is 11.7. The van der Waals surface area contributed by atoms with Gasteiger partial charge < -0.3 is 4.52 Å². The SMILES string of the molecule is O=P1(c2ccccc2)N[C@@H]2CCCC[C@@H]2CO1. The molecule has 0 aromatic heterocycles. The number of rotatable bonds is 1. The van der Waals surface area contributed by atoms with Crippen molar-refractivity contribution < 1.29 is 9.09 Å². The van der Waals surface area contributed by atoms with Crippen LogP contribution < -0.4 is 10.4 Å². The van der Waals surface area contributed by atoms with Crippen molar-refractivity contribution in [3.8, 4) is 0 Å². The molecule has 1 aromatic rings. The average Bonchev–Trinajstić information content (AvgIpc) is 2.40. The first-order valence-corrected chi connectivity index (χ1v) is 7.98. The number of hydrogen-bond donors (Lipinski definition) is 1. The third kappa shape index (κ3) is 2.20. The molecular formula is C13H18NO2P. The van der Waals surface area contributed by atoms with E-state index in [-0.39, 0.29) is 0 Å². The molecule has 2 aliphatic rings. The second-order valence-corrected chi connectivity index (χ2v) is 7.10. The summed E-state index contributed by atoms with van der Waals surface area (Å²) in [5.74, 6) is 0.550. The molecule has 4 heteroatoms. The standard InChI is InChI=1S/C13H18NO2P/c15-17(12-7-2-1-3-8-12)14-13-9-5-4-6-11(13)10-16-17/h1-3,7-8,11,13H,4-6,9-10H2,(H,14,15)/t11-,13-,17?/m1/s1.